The minimum atomic E-state index is -0.487. The highest BCUT2D eigenvalue weighted by molar-refractivity contribution is 6.04. The Morgan fingerprint density at radius 3 is 2.45 bits per heavy atom. The highest BCUT2D eigenvalue weighted by Crippen LogP contribution is 2.27. The van der Waals surface area contributed by atoms with Crippen LogP contribution in [0, 0.1) is 0 Å². The zero-order chi connectivity index (χ0) is 15.9. The van der Waals surface area contributed by atoms with E-state index < -0.39 is 11.9 Å². The summed E-state index contributed by atoms with van der Waals surface area (Å²) in [6, 6.07) is 9.13. The molecule has 0 saturated heterocycles. The number of nitrogens with zero attached hydrogens (tertiary/aromatic N) is 2. The quantitative estimate of drug-likeness (QED) is 0.697. The second-order valence-corrected chi connectivity index (χ2v) is 4.86. The lowest BCUT2D eigenvalue weighted by molar-refractivity contribution is 0.0519. The molecule has 0 atom stereocenters. The Bertz CT molecular complexity index is 888. The Labute approximate surface area is 126 Å². The fraction of sp³-hybridized carbons (Fsp3) is 0.250. The highest BCUT2D eigenvalue weighted by Gasteiger charge is 2.25. The van der Waals surface area contributed by atoms with Crippen molar-refractivity contribution in [3.05, 3.63) is 41.6 Å². The molecule has 0 N–H and O–H groups in total. The fourth-order valence-corrected chi connectivity index (χ4v) is 2.74. The molecule has 3 aromatic rings. The van der Waals surface area contributed by atoms with Gasteiger partial charge in [0.15, 0.2) is 0 Å². The third kappa shape index (κ3) is 1.88. The summed E-state index contributed by atoms with van der Waals surface area (Å²) in [5.41, 5.74) is 3.00. The Kier molecular flexibility index (Phi) is 3.36. The van der Waals surface area contributed by atoms with Gasteiger partial charge in [-0.2, -0.15) is 0 Å². The van der Waals surface area contributed by atoms with Gasteiger partial charge >= 0.3 is 11.9 Å². The van der Waals surface area contributed by atoms with Crippen LogP contribution in [0.5, 0.6) is 0 Å². The van der Waals surface area contributed by atoms with Crippen LogP contribution in [0.3, 0.4) is 0 Å². The number of imidazole rings is 1. The van der Waals surface area contributed by atoms with Crippen molar-refractivity contribution in [1.82, 2.24) is 8.97 Å². The maximum absolute atomic E-state index is 12.2. The molecule has 0 bridgehead atoms. The van der Waals surface area contributed by atoms with Crippen LogP contribution in [0.2, 0.25) is 0 Å². The smallest absolute Gasteiger partial charge is 0.355 e. The summed E-state index contributed by atoms with van der Waals surface area (Å²) in [5, 5.41) is 0. The van der Waals surface area contributed by atoms with Crippen LogP contribution in [-0.2, 0) is 16.5 Å². The molecule has 6 heteroatoms. The van der Waals surface area contributed by atoms with Crippen molar-refractivity contribution >= 4 is 28.6 Å². The fourth-order valence-electron chi connectivity index (χ4n) is 2.74. The molecule has 0 saturated carbocycles. The number of hydrogen-bond donors (Lipinski definition) is 0. The third-order valence-corrected chi connectivity index (χ3v) is 3.67. The number of esters is 2. The zero-order valence-electron chi connectivity index (χ0n) is 12.6. The molecule has 2 heterocycles. The normalized spacial score (nSPS) is 11.0. The molecule has 114 valence electrons. The van der Waals surface area contributed by atoms with Crippen molar-refractivity contribution in [2.75, 3.05) is 13.7 Å². The van der Waals surface area contributed by atoms with E-state index in [0.717, 1.165) is 11.0 Å². The van der Waals surface area contributed by atoms with Gasteiger partial charge < -0.3 is 14.0 Å². The van der Waals surface area contributed by atoms with Gasteiger partial charge in [0.1, 0.15) is 16.9 Å². The van der Waals surface area contributed by atoms with Gasteiger partial charge in [-0.15, -0.1) is 0 Å². The van der Waals surface area contributed by atoms with Crippen molar-refractivity contribution < 1.29 is 19.1 Å². The number of para-hydroxylation sites is 2. The van der Waals surface area contributed by atoms with Crippen LogP contribution in [0.15, 0.2) is 30.3 Å². The first kappa shape index (κ1) is 14.2. The van der Waals surface area contributed by atoms with Crippen molar-refractivity contribution in [2.24, 2.45) is 7.05 Å². The van der Waals surface area contributed by atoms with E-state index in [-0.39, 0.29) is 6.61 Å². The zero-order valence-corrected chi connectivity index (χ0v) is 12.6. The van der Waals surface area contributed by atoms with Gasteiger partial charge in [-0.3, -0.25) is 4.40 Å². The highest BCUT2D eigenvalue weighted by atomic mass is 16.5. The molecule has 0 fully saturated rings. The number of aromatic nitrogens is 2. The lowest BCUT2D eigenvalue weighted by Crippen LogP contribution is -2.07. The van der Waals surface area contributed by atoms with E-state index in [1.54, 1.807) is 11.3 Å². The Balaban J connectivity index is 2.43. The molecular weight excluding hydrogens is 284 g/mol. The summed E-state index contributed by atoms with van der Waals surface area (Å²) in [5.74, 6) is -0.956. The van der Waals surface area contributed by atoms with Gasteiger partial charge in [0.2, 0.25) is 0 Å². The van der Waals surface area contributed by atoms with Gasteiger partial charge in [-0.05, 0) is 25.1 Å². The van der Waals surface area contributed by atoms with E-state index in [9.17, 15) is 9.59 Å². The predicted molar refractivity (Wildman–Crippen MR) is 81.2 cm³/mol. The summed E-state index contributed by atoms with van der Waals surface area (Å²) < 4.78 is 13.5. The van der Waals surface area contributed by atoms with E-state index in [1.165, 1.54) is 13.2 Å². The van der Waals surface area contributed by atoms with Crippen molar-refractivity contribution in [3.8, 4) is 0 Å². The summed E-state index contributed by atoms with van der Waals surface area (Å²) >= 11 is 0. The number of methoxy groups -OCH3 is 1. The number of rotatable bonds is 3. The van der Waals surface area contributed by atoms with E-state index in [1.807, 2.05) is 35.9 Å². The molecule has 6 nitrogen and oxygen atoms in total. The lowest BCUT2D eigenvalue weighted by Gasteiger charge is -2.01. The molecule has 0 aliphatic rings. The first-order chi connectivity index (χ1) is 10.6. The second-order valence-electron chi connectivity index (χ2n) is 4.86. The lowest BCUT2D eigenvalue weighted by atomic mass is 10.3. The third-order valence-electron chi connectivity index (χ3n) is 3.67. The molecular formula is C16H16N2O4. The van der Waals surface area contributed by atoms with E-state index in [4.69, 9.17) is 9.47 Å². The SMILES string of the molecule is CCOC(=O)c1cc(C(=O)OC)c2n(C)c3ccccc3n12. The van der Waals surface area contributed by atoms with Crippen molar-refractivity contribution in [2.45, 2.75) is 6.92 Å². The largest absolute Gasteiger partial charge is 0.465 e. The van der Waals surface area contributed by atoms with Crippen LogP contribution in [0.25, 0.3) is 16.7 Å². The number of ether oxygens (including phenoxy) is 2. The van der Waals surface area contributed by atoms with E-state index in [2.05, 4.69) is 0 Å². The summed E-state index contributed by atoms with van der Waals surface area (Å²) in [6.07, 6.45) is 0. The standard InChI is InChI=1S/C16H16N2O4/c1-4-22-16(20)13-9-10(15(19)21-3)14-17(2)11-7-5-6-8-12(11)18(13)14/h5-9H,4H2,1-3H3. The van der Waals surface area contributed by atoms with Crippen LogP contribution < -0.4 is 0 Å². The first-order valence-electron chi connectivity index (χ1n) is 6.94. The second kappa shape index (κ2) is 5.22. The van der Waals surface area contributed by atoms with Crippen LogP contribution in [-0.4, -0.2) is 34.6 Å². The van der Waals surface area contributed by atoms with Crippen molar-refractivity contribution in [1.29, 1.82) is 0 Å². The molecule has 0 aliphatic heterocycles. The Hall–Kier alpha value is -2.76. The van der Waals surface area contributed by atoms with E-state index in [0.29, 0.717) is 16.9 Å². The van der Waals surface area contributed by atoms with Gasteiger partial charge in [0, 0.05) is 7.05 Å². The molecule has 22 heavy (non-hydrogen) atoms. The first-order valence-corrected chi connectivity index (χ1v) is 6.94. The minimum absolute atomic E-state index is 0.268. The topological polar surface area (TPSA) is 61.9 Å². The monoisotopic (exact) mass is 300 g/mol. The predicted octanol–water partition coefficient (Wildman–Crippen LogP) is 2.39. The summed E-state index contributed by atoms with van der Waals surface area (Å²) in [4.78, 5) is 24.3. The summed E-state index contributed by atoms with van der Waals surface area (Å²) in [7, 11) is 3.16. The van der Waals surface area contributed by atoms with E-state index >= 15 is 0 Å². The van der Waals surface area contributed by atoms with Gasteiger partial charge in [-0.25, -0.2) is 9.59 Å². The molecule has 1 aromatic carbocycles. The number of aryl methyl sites for hydroxylation is 1. The molecule has 2 aromatic heterocycles. The number of hydrogen-bond acceptors (Lipinski definition) is 4. The molecule has 0 spiro atoms. The minimum Gasteiger partial charge on any atom is -0.465 e. The maximum Gasteiger partial charge on any atom is 0.355 e. The molecule has 0 aliphatic carbocycles. The molecule has 3 rings (SSSR count). The number of fused-ring (bicyclic) bond motifs is 3. The van der Waals surface area contributed by atoms with Crippen LogP contribution in [0.1, 0.15) is 27.8 Å². The maximum atomic E-state index is 12.2. The summed E-state index contributed by atoms with van der Waals surface area (Å²) in [6.45, 7) is 2.01. The Morgan fingerprint density at radius 2 is 1.82 bits per heavy atom. The average Bonchev–Trinajstić information content (AvgIpc) is 3.05. The van der Waals surface area contributed by atoms with Gasteiger partial charge in [0.25, 0.3) is 0 Å². The molecule has 0 radical (unpaired) electrons. The van der Waals surface area contributed by atoms with Gasteiger partial charge in [0.05, 0.1) is 24.8 Å². The number of carbonyl (C=O) groups is 2. The Morgan fingerprint density at radius 1 is 1.14 bits per heavy atom. The van der Waals surface area contributed by atoms with Crippen molar-refractivity contribution in [3.63, 3.8) is 0 Å². The van der Waals surface area contributed by atoms with Crippen LogP contribution in [0.4, 0.5) is 0 Å². The van der Waals surface area contributed by atoms with Crippen LogP contribution >= 0.6 is 0 Å². The molecule has 0 unspecified atom stereocenters. The van der Waals surface area contributed by atoms with Gasteiger partial charge in [-0.1, -0.05) is 12.1 Å². The average molecular weight is 300 g/mol. The number of carbonyl (C=O) groups excluding carboxylic acids is 2. The number of benzene rings is 1. The molecule has 0 amide bonds.